The van der Waals surface area contributed by atoms with E-state index in [1.54, 1.807) is 35.2 Å². The third-order valence-electron chi connectivity index (χ3n) is 3.63. The summed E-state index contributed by atoms with van der Waals surface area (Å²) < 4.78 is 2.33. The summed E-state index contributed by atoms with van der Waals surface area (Å²) in [4.78, 5) is 12.2. The third-order valence-corrected chi connectivity index (χ3v) is 5.14. The van der Waals surface area contributed by atoms with Crippen molar-refractivity contribution in [1.29, 1.82) is 0 Å². The molecule has 0 radical (unpaired) electrons. The van der Waals surface area contributed by atoms with E-state index in [2.05, 4.69) is 26.3 Å². The zero-order chi connectivity index (χ0) is 19.4. The first kappa shape index (κ1) is 20.0. The number of rotatable bonds is 5. The monoisotopic (exact) mass is 483 g/mol. The van der Waals surface area contributed by atoms with E-state index < -0.39 is 0 Å². The highest BCUT2D eigenvalue weighted by Gasteiger charge is 2.10. The standard InChI is InChI=1S/C19H13BrCl3N3O/c20-15-11-26(10-13-5-7-14(21)9-17(13)23)25-19(15)24-18(27)8-6-12-3-1-2-4-16(12)22/h1-9,11H,10H2,(H,24,25,27)/b8-6+. The molecule has 1 amide bonds. The van der Waals surface area contributed by atoms with Crippen LogP contribution >= 0.6 is 50.7 Å². The van der Waals surface area contributed by atoms with Crippen LogP contribution < -0.4 is 5.32 Å². The third kappa shape index (κ3) is 5.36. The largest absolute Gasteiger partial charge is 0.305 e. The van der Waals surface area contributed by atoms with E-state index in [9.17, 15) is 4.79 Å². The number of halogens is 4. The van der Waals surface area contributed by atoms with Gasteiger partial charge in [0.05, 0.1) is 11.0 Å². The fourth-order valence-electron chi connectivity index (χ4n) is 2.32. The second-order valence-corrected chi connectivity index (χ2v) is 7.71. The second-order valence-electron chi connectivity index (χ2n) is 5.60. The van der Waals surface area contributed by atoms with Gasteiger partial charge in [0.1, 0.15) is 0 Å². The van der Waals surface area contributed by atoms with Crippen molar-refractivity contribution in [2.45, 2.75) is 6.54 Å². The molecule has 0 saturated carbocycles. The lowest BCUT2D eigenvalue weighted by molar-refractivity contribution is -0.111. The quantitative estimate of drug-likeness (QED) is 0.431. The van der Waals surface area contributed by atoms with Crippen LogP contribution in [0.4, 0.5) is 5.82 Å². The van der Waals surface area contributed by atoms with Crippen LogP contribution in [0, 0.1) is 0 Å². The summed E-state index contributed by atoms with van der Waals surface area (Å²) in [5, 5.41) is 8.80. The molecule has 0 atom stereocenters. The first-order valence-corrected chi connectivity index (χ1v) is 9.75. The van der Waals surface area contributed by atoms with E-state index in [1.807, 2.05) is 24.3 Å². The number of carbonyl (C=O) groups excluding carboxylic acids is 1. The number of anilines is 1. The number of carbonyl (C=O) groups is 1. The highest BCUT2D eigenvalue weighted by molar-refractivity contribution is 9.10. The molecule has 0 saturated heterocycles. The summed E-state index contributed by atoms with van der Waals surface area (Å²) in [6.07, 6.45) is 4.82. The Morgan fingerprint density at radius 1 is 1.15 bits per heavy atom. The van der Waals surface area contributed by atoms with E-state index in [0.29, 0.717) is 31.9 Å². The van der Waals surface area contributed by atoms with Gasteiger partial charge in [-0.25, -0.2) is 0 Å². The molecule has 0 unspecified atom stereocenters. The van der Waals surface area contributed by atoms with Crippen LogP contribution in [0.1, 0.15) is 11.1 Å². The van der Waals surface area contributed by atoms with Crippen LogP contribution in [0.3, 0.4) is 0 Å². The van der Waals surface area contributed by atoms with E-state index >= 15 is 0 Å². The van der Waals surface area contributed by atoms with Gasteiger partial charge in [0.25, 0.3) is 0 Å². The molecule has 0 bridgehead atoms. The molecular weight excluding hydrogens is 472 g/mol. The number of benzene rings is 2. The summed E-state index contributed by atoms with van der Waals surface area (Å²) >= 11 is 21.6. The number of nitrogens with one attached hydrogen (secondary N) is 1. The van der Waals surface area contributed by atoms with Crippen molar-refractivity contribution in [3.8, 4) is 0 Å². The lowest BCUT2D eigenvalue weighted by atomic mass is 10.2. The van der Waals surface area contributed by atoms with Gasteiger partial charge >= 0.3 is 0 Å². The normalized spacial score (nSPS) is 11.1. The Kier molecular flexibility index (Phi) is 6.60. The van der Waals surface area contributed by atoms with E-state index in [-0.39, 0.29) is 5.91 Å². The van der Waals surface area contributed by atoms with Gasteiger partial charge in [-0.15, -0.1) is 0 Å². The lowest BCUT2D eigenvalue weighted by Gasteiger charge is -2.05. The second kappa shape index (κ2) is 8.93. The summed E-state index contributed by atoms with van der Waals surface area (Å²) in [7, 11) is 0. The minimum absolute atomic E-state index is 0.314. The average Bonchev–Trinajstić information content (AvgIpc) is 2.96. The summed E-state index contributed by atoms with van der Waals surface area (Å²) in [5.74, 6) is 0.0966. The van der Waals surface area contributed by atoms with E-state index in [4.69, 9.17) is 34.8 Å². The molecule has 1 heterocycles. The van der Waals surface area contributed by atoms with Gasteiger partial charge < -0.3 is 5.32 Å². The highest BCUT2D eigenvalue weighted by atomic mass is 79.9. The predicted molar refractivity (Wildman–Crippen MR) is 115 cm³/mol. The van der Waals surface area contributed by atoms with Crippen molar-refractivity contribution < 1.29 is 4.79 Å². The maximum absolute atomic E-state index is 12.2. The molecule has 0 aliphatic rings. The Morgan fingerprint density at radius 2 is 1.93 bits per heavy atom. The maximum atomic E-state index is 12.2. The molecule has 27 heavy (non-hydrogen) atoms. The Bertz CT molecular complexity index is 1020. The first-order valence-electron chi connectivity index (χ1n) is 7.83. The Hall–Kier alpha value is -1.79. The zero-order valence-corrected chi connectivity index (χ0v) is 17.6. The lowest BCUT2D eigenvalue weighted by Crippen LogP contribution is -2.09. The van der Waals surface area contributed by atoms with Crippen molar-refractivity contribution in [2.24, 2.45) is 0 Å². The number of hydrogen-bond donors (Lipinski definition) is 1. The summed E-state index contributed by atoms with van der Waals surface area (Å²) in [6, 6.07) is 12.6. The molecule has 3 rings (SSSR count). The molecule has 4 nitrogen and oxygen atoms in total. The average molecular weight is 486 g/mol. The van der Waals surface area contributed by atoms with Crippen molar-refractivity contribution >= 4 is 68.5 Å². The number of hydrogen-bond acceptors (Lipinski definition) is 2. The maximum Gasteiger partial charge on any atom is 0.249 e. The number of amides is 1. The highest BCUT2D eigenvalue weighted by Crippen LogP contribution is 2.24. The molecule has 0 aliphatic heterocycles. The molecule has 138 valence electrons. The summed E-state index contributed by atoms with van der Waals surface area (Å²) in [5.41, 5.74) is 1.63. The van der Waals surface area contributed by atoms with Crippen LogP contribution in [-0.2, 0) is 11.3 Å². The van der Waals surface area contributed by atoms with Crippen molar-refractivity contribution in [3.05, 3.63) is 85.4 Å². The van der Waals surface area contributed by atoms with Crippen molar-refractivity contribution in [2.75, 3.05) is 5.32 Å². The molecule has 3 aromatic rings. The van der Waals surface area contributed by atoms with Gasteiger partial charge in [0.2, 0.25) is 5.91 Å². The minimum atomic E-state index is -0.314. The molecule has 8 heteroatoms. The van der Waals surface area contributed by atoms with E-state index in [0.717, 1.165) is 11.1 Å². The Morgan fingerprint density at radius 3 is 2.67 bits per heavy atom. The van der Waals surface area contributed by atoms with Gasteiger partial charge in [-0.1, -0.05) is 59.1 Å². The fraction of sp³-hybridized carbons (Fsp3) is 0.0526. The van der Waals surface area contributed by atoms with Crippen LogP contribution in [0.15, 0.2) is 59.2 Å². The molecular formula is C19H13BrCl3N3O. The number of nitrogens with zero attached hydrogens (tertiary/aromatic N) is 2. The van der Waals surface area contributed by atoms with Gasteiger partial charge in [-0.3, -0.25) is 9.48 Å². The first-order chi connectivity index (χ1) is 12.9. The van der Waals surface area contributed by atoms with Gasteiger partial charge in [-0.2, -0.15) is 5.10 Å². The van der Waals surface area contributed by atoms with Gasteiger partial charge in [0, 0.05) is 27.3 Å². The van der Waals surface area contributed by atoms with Gasteiger partial charge in [0.15, 0.2) is 5.82 Å². The van der Waals surface area contributed by atoms with Crippen LogP contribution in [0.5, 0.6) is 0 Å². The van der Waals surface area contributed by atoms with Crippen molar-refractivity contribution in [3.63, 3.8) is 0 Å². The minimum Gasteiger partial charge on any atom is -0.305 e. The van der Waals surface area contributed by atoms with Crippen LogP contribution in [0.2, 0.25) is 15.1 Å². The fourth-order valence-corrected chi connectivity index (χ4v) is 3.40. The Labute approximate surface area is 179 Å². The molecule has 2 aromatic carbocycles. The molecule has 1 aromatic heterocycles. The smallest absolute Gasteiger partial charge is 0.249 e. The molecule has 0 aliphatic carbocycles. The predicted octanol–water partition coefficient (Wildman–Crippen LogP) is 6.31. The molecule has 1 N–H and O–H groups in total. The summed E-state index contributed by atoms with van der Waals surface area (Å²) in [6.45, 7) is 0.444. The SMILES string of the molecule is O=C(/C=C/c1ccccc1Cl)Nc1nn(Cc2ccc(Cl)cc2Cl)cc1Br. The molecule has 0 fully saturated rings. The molecule has 0 spiro atoms. The van der Waals surface area contributed by atoms with Gasteiger partial charge in [-0.05, 0) is 51.3 Å². The topological polar surface area (TPSA) is 46.9 Å². The Balaban J connectivity index is 1.69. The zero-order valence-electron chi connectivity index (χ0n) is 13.8. The number of aromatic nitrogens is 2. The van der Waals surface area contributed by atoms with Crippen LogP contribution in [-0.4, -0.2) is 15.7 Å². The van der Waals surface area contributed by atoms with E-state index in [1.165, 1.54) is 6.08 Å². The van der Waals surface area contributed by atoms with Crippen LogP contribution in [0.25, 0.3) is 6.08 Å². The van der Waals surface area contributed by atoms with Crippen molar-refractivity contribution in [1.82, 2.24) is 9.78 Å².